The largest absolute Gasteiger partial charge is 0.386 e. The molecule has 32 heavy (non-hydrogen) atoms. The van der Waals surface area contributed by atoms with Crippen molar-refractivity contribution in [3.63, 3.8) is 0 Å². The zero-order chi connectivity index (χ0) is 22.6. The number of imidazole rings is 1. The van der Waals surface area contributed by atoms with Crippen molar-refractivity contribution in [1.82, 2.24) is 19.9 Å². The van der Waals surface area contributed by atoms with Crippen molar-refractivity contribution in [2.75, 3.05) is 6.54 Å². The summed E-state index contributed by atoms with van der Waals surface area (Å²) >= 11 is 0. The molecule has 1 aliphatic heterocycles. The molecule has 0 saturated carbocycles. The molecule has 0 spiro atoms. The Morgan fingerprint density at radius 2 is 1.84 bits per heavy atom. The van der Waals surface area contributed by atoms with Crippen molar-refractivity contribution in [3.8, 4) is 11.3 Å². The minimum Gasteiger partial charge on any atom is -0.386 e. The third-order valence-electron chi connectivity index (χ3n) is 6.07. The van der Waals surface area contributed by atoms with E-state index in [0.717, 1.165) is 33.6 Å². The highest BCUT2D eigenvalue weighted by atomic mass is 19.1. The third kappa shape index (κ3) is 3.48. The van der Waals surface area contributed by atoms with Crippen molar-refractivity contribution >= 4 is 5.65 Å². The van der Waals surface area contributed by atoms with Crippen LogP contribution in [0, 0.1) is 12.7 Å². The Balaban J connectivity index is 1.64. The first kappa shape index (κ1) is 20.8. The fraction of sp³-hybridized carbons (Fsp3) is 0.280. The van der Waals surface area contributed by atoms with Crippen molar-refractivity contribution in [2.24, 2.45) is 0 Å². The van der Waals surface area contributed by atoms with Gasteiger partial charge in [-0.3, -0.25) is 0 Å². The number of halogens is 1. The summed E-state index contributed by atoms with van der Waals surface area (Å²) in [5, 5.41) is 29.0. The molecule has 6 nitrogen and oxygen atoms in total. The van der Waals surface area contributed by atoms with Gasteiger partial charge in [0.1, 0.15) is 11.9 Å². The van der Waals surface area contributed by atoms with E-state index in [4.69, 9.17) is 5.10 Å². The number of benzene rings is 2. The van der Waals surface area contributed by atoms with Crippen LogP contribution >= 0.6 is 0 Å². The third-order valence-corrected chi connectivity index (χ3v) is 6.07. The molecule has 0 amide bonds. The SMILES string of the molecule is Cc1cc(F)ccc1[C@@H]1NC[C@@H](O)c2nc3ccc(-c4ccc(C(C)(C)O)cc4)nn3c21. The van der Waals surface area contributed by atoms with Gasteiger partial charge in [-0.05, 0) is 61.7 Å². The lowest BCUT2D eigenvalue weighted by Crippen LogP contribution is -2.35. The van der Waals surface area contributed by atoms with E-state index in [1.165, 1.54) is 12.1 Å². The van der Waals surface area contributed by atoms with Gasteiger partial charge in [-0.1, -0.05) is 30.3 Å². The maximum absolute atomic E-state index is 13.7. The topological polar surface area (TPSA) is 82.7 Å². The van der Waals surface area contributed by atoms with Crippen LogP contribution in [0.15, 0.2) is 54.6 Å². The number of aliphatic hydroxyl groups is 2. The van der Waals surface area contributed by atoms with Crippen LogP contribution in [0.25, 0.3) is 16.9 Å². The molecule has 7 heteroatoms. The Labute approximate surface area is 185 Å². The molecule has 0 unspecified atom stereocenters. The number of aryl methyl sites for hydroxylation is 1. The van der Waals surface area contributed by atoms with Gasteiger partial charge in [0, 0.05) is 12.1 Å². The first-order chi connectivity index (χ1) is 15.2. The minimum absolute atomic E-state index is 0.274. The molecule has 1 aliphatic rings. The molecule has 5 rings (SSSR count). The molecule has 3 N–H and O–H groups in total. The van der Waals surface area contributed by atoms with Crippen LogP contribution in [0.3, 0.4) is 0 Å². The van der Waals surface area contributed by atoms with Gasteiger partial charge in [-0.2, -0.15) is 5.10 Å². The van der Waals surface area contributed by atoms with Gasteiger partial charge in [-0.25, -0.2) is 13.9 Å². The first-order valence-corrected chi connectivity index (χ1v) is 10.6. The van der Waals surface area contributed by atoms with E-state index in [1.807, 2.05) is 43.3 Å². The quantitative estimate of drug-likeness (QED) is 0.459. The monoisotopic (exact) mass is 432 g/mol. The van der Waals surface area contributed by atoms with E-state index < -0.39 is 11.7 Å². The lowest BCUT2D eigenvalue weighted by atomic mass is 9.93. The Kier molecular flexibility index (Phi) is 4.85. The number of nitrogens with one attached hydrogen (secondary N) is 1. The summed E-state index contributed by atoms with van der Waals surface area (Å²) in [5.74, 6) is -0.282. The maximum Gasteiger partial charge on any atom is 0.154 e. The second-order valence-electron chi connectivity index (χ2n) is 8.87. The van der Waals surface area contributed by atoms with Gasteiger partial charge >= 0.3 is 0 Å². The Morgan fingerprint density at radius 1 is 1.09 bits per heavy atom. The van der Waals surface area contributed by atoms with Crippen LogP contribution < -0.4 is 5.32 Å². The standard InChI is InChI=1S/C25H25FN4O2/c1-14-12-17(26)8-9-18(14)22-24-23(20(31)13-27-22)28-21-11-10-19(29-30(21)24)15-4-6-16(7-5-15)25(2,3)32/h4-12,20,22,27,31-32H,13H2,1-3H3/t20-,22+/m1/s1. The number of β-amino-alcohol motifs (C(OH)–C–C–N with tert-alkyl or cyclic N) is 1. The van der Waals surface area contributed by atoms with Crippen LogP contribution in [0.1, 0.15) is 54.1 Å². The molecule has 2 aromatic carbocycles. The molecule has 0 aliphatic carbocycles. The van der Waals surface area contributed by atoms with Gasteiger partial charge in [0.25, 0.3) is 0 Å². The number of hydrogen-bond acceptors (Lipinski definition) is 5. The van der Waals surface area contributed by atoms with Gasteiger partial charge in [0.05, 0.1) is 28.7 Å². The van der Waals surface area contributed by atoms with Gasteiger partial charge in [0.2, 0.25) is 0 Å². The highest BCUT2D eigenvalue weighted by Crippen LogP contribution is 2.35. The number of rotatable bonds is 3. The van der Waals surface area contributed by atoms with E-state index in [0.29, 0.717) is 17.9 Å². The molecule has 3 heterocycles. The molecule has 2 atom stereocenters. The van der Waals surface area contributed by atoms with E-state index in [-0.39, 0.29) is 11.9 Å². The van der Waals surface area contributed by atoms with E-state index >= 15 is 0 Å². The van der Waals surface area contributed by atoms with E-state index in [2.05, 4.69) is 10.3 Å². The fourth-order valence-corrected chi connectivity index (χ4v) is 4.33. The summed E-state index contributed by atoms with van der Waals surface area (Å²) in [7, 11) is 0. The average molecular weight is 432 g/mol. The second-order valence-corrected chi connectivity index (χ2v) is 8.87. The van der Waals surface area contributed by atoms with Crippen LogP contribution in [-0.2, 0) is 5.60 Å². The summed E-state index contributed by atoms with van der Waals surface area (Å²) in [6.45, 7) is 5.72. The van der Waals surface area contributed by atoms with Crippen LogP contribution in [0.4, 0.5) is 4.39 Å². The number of hydrogen-bond donors (Lipinski definition) is 3. The number of aromatic nitrogens is 3. The Hall–Kier alpha value is -3.13. The maximum atomic E-state index is 13.7. The summed E-state index contributed by atoms with van der Waals surface area (Å²) in [4.78, 5) is 4.64. The molecule has 0 fully saturated rings. The molecular formula is C25H25FN4O2. The van der Waals surface area contributed by atoms with Crippen LogP contribution in [0.2, 0.25) is 0 Å². The van der Waals surface area contributed by atoms with Crippen molar-refractivity contribution in [3.05, 3.63) is 88.5 Å². The highest BCUT2D eigenvalue weighted by Gasteiger charge is 2.33. The fourth-order valence-electron chi connectivity index (χ4n) is 4.33. The van der Waals surface area contributed by atoms with Crippen molar-refractivity contribution in [2.45, 2.75) is 38.5 Å². The van der Waals surface area contributed by atoms with E-state index in [1.54, 1.807) is 24.4 Å². The van der Waals surface area contributed by atoms with Crippen molar-refractivity contribution < 1.29 is 14.6 Å². The number of aliphatic hydroxyl groups excluding tert-OH is 1. The molecule has 0 saturated heterocycles. The van der Waals surface area contributed by atoms with Crippen LogP contribution in [0.5, 0.6) is 0 Å². The number of fused-ring (bicyclic) bond motifs is 3. The molecular weight excluding hydrogens is 407 g/mol. The zero-order valence-electron chi connectivity index (χ0n) is 18.2. The summed E-state index contributed by atoms with van der Waals surface area (Å²) < 4.78 is 15.5. The van der Waals surface area contributed by atoms with Gasteiger partial charge in [-0.15, -0.1) is 0 Å². The summed E-state index contributed by atoms with van der Waals surface area (Å²) in [5.41, 5.74) is 5.27. The molecule has 0 radical (unpaired) electrons. The molecule has 164 valence electrons. The van der Waals surface area contributed by atoms with Crippen LogP contribution in [-0.4, -0.2) is 31.4 Å². The number of nitrogens with zero attached hydrogens (tertiary/aromatic N) is 3. The normalized spacial score (nSPS) is 18.7. The summed E-state index contributed by atoms with van der Waals surface area (Å²) in [6.07, 6.45) is -0.752. The predicted octanol–water partition coefficient (Wildman–Crippen LogP) is 3.80. The van der Waals surface area contributed by atoms with Gasteiger partial charge < -0.3 is 15.5 Å². The zero-order valence-corrected chi connectivity index (χ0v) is 18.2. The highest BCUT2D eigenvalue weighted by molar-refractivity contribution is 5.61. The summed E-state index contributed by atoms with van der Waals surface area (Å²) in [6, 6.07) is 15.9. The minimum atomic E-state index is -0.915. The van der Waals surface area contributed by atoms with Crippen molar-refractivity contribution in [1.29, 1.82) is 0 Å². The predicted molar refractivity (Wildman–Crippen MR) is 120 cm³/mol. The van der Waals surface area contributed by atoms with E-state index in [9.17, 15) is 14.6 Å². The lowest BCUT2D eigenvalue weighted by molar-refractivity contribution is 0.0786. The molecule has 0 bridgehead atoms. The molecule has 2 aromatic heterocycles. The Bertz CT molecular complexity index is 1310. The first-order valence-electron chi connectivity index (χ1n) is 10.6. The smallest absolute Gasteiger partial charge is 0.154 e. The average Bonchev–Trinajstić information content (AvgIpc) is 3.14. The second kappa shape index (κ2) is 7.48. The Morgan fingerprint density at radius 3 is 2.53 bits per heavy atom. The van der Waals surface area contributed by atoms with Gasteiger partial charge in [0.15, 0.2) is 5.65 Å². The molecule has 4 aromatic rings. The lowest BCUT2D eigenvalue weighted by Gasteiger charge is -2.28.